The molecule has 0 radical (unpaired) electrons. The van der Waals surface area contributed by atoms with Crippen LogP contribution < -0.4 is 10.6 Å². The third-order valence-corrected chi connectivity index (χ3v) is 10.5. The molecule has 2 aliphatic rings. The second-order valence-corrected chi connectivity index (χ2v) is 14.5. The van der Waals surface area contributed by atoms with Crippen LogP contribution in [0.5, 0.6) is 0 Å². The second-order valence-electron chi connectivity index (χ2n) is 14.2. The molecule has 0 spiro atoms. The average molecular weight is 723 g/mol. The maximum atomic E-state index is 6.45. The molecular weight excluding hydrogens is 672 g/mol. The van der Waals surface area contributed by atoms with Gasteiger partial charge in [0.15, 0.2) is 0 Å². The summed E-state index contributed by atoms with van der Waals surface area (Å²) in [7, 11) is 0. The van der Waals surface area contributed by atoms with E-state index in [9.17, 15) is 0 Å². The summed E-state index contributed by atoms with van der Waals surface area (Å²) in [5.74, 6) is 2.41. The molecule has 2 saturated heterocycles. The number of fused-ring (bicyclic) bond motifs is 1. The number of pyridine rings is 2. The molecule has 2 fully saturated rings. The van der Waals surface area contributed by atoms with Crippen molar-refractivity contribution in [1.29, 1.82) is 0 Å². The van der Waals surface area contributed by atoms with Crippen LogP contribution in [0.25, 0.3) is 22.3 Å². The molecule has 13 heteroatoms. The summed E-state index contributed by atoms with van der Waals surface area (Å²) in [4.78, 5) is 33.7. The van der Waals surface area contributed by atoms with Crippen LogP contribution in [0.15, 0.2) is 55.0 Å². The smallest absolute Gasteiger partial charge is 0.223 e. The summed E-state index contributed by atoms with van der Waals surface area (Å²) in [5.41, 5.74) is 7.36. The summed E-state index contributed by atoms with van der Waals surface area (Å²) in [6, 6.07) is 12.8. The lowest BCUT2D eigenvalue weighted by molar-refractivity contribution is 0.132. The van der Waals surface area contributed by atoms with E-state index in [2.05, 4.69) is 97.8 Å². The van der Waals surface area contributed by atoms with Gasteiger partial charge in [0.25, 0.3) is 0 Å². The number of halogens is 1. The van der Waals surface area contributed by atoms with Gasteiger partial charge in [0, 0.05) is 89.4 Å². The molecule has 0 atom stereocenters. The minimum atomic E-state index is 0.170. The molecule has 4 aromatic heterocycles. The predicted molar refractivity (Wildman–Crippen MR) is 211 cm³/mol. The zero-order valence-corrected chi connectivity index (χ0v) is 31.9. The van der Waals surface area contributed by atoms with Gasteiger partial charge < -0.3 is 25.0 Å². The van der Waals surface area contributed by atoms with Crippen molar-refractivity contribution in [3.8, 4) is 11.3 Å². The Bertz CT molecular complexity index is 1940. The Kier molecular flexibility index (Phi) is 11.3. The number of rotatable bonds is 12. The predicted octanol–water partition coefficient (Wildman–Crippen LogP) is 6.59. The van der Waals surface area contributed by atoms with Crippen molar-refractivity contribution >= 4 is 45.6 Å². The van der Waals surface area contributed by atoms with Crippen LogP contribution in [0.2, 0.25) is 5.28 Å². The normalized spacial score (nSPS) is 16.6. The van der Waals surface area contributed by atoms with Gasteiger partial charge in [0.1, 0.15) is 23.0 Å². The average Bonchev–Trinajstić information content (AvgIpc) is 3.50. The van der Waals surface area contributed by atoms with E-state index >= 15 is 0 Å². The van der Waals surface area contributed by atoms with Gasteiger partial charge in [0.05, 0.1) is 28.8 Å². The lowest BCUT2D eigenvalue weighted by Gasteiger charge is -2.33. The molecule has 7 rings (SSSR count). The van der Waals surface area contributed by atoms with Crippen LogP contribution in [-0.4, -0.2) is 115 Å². The van der Waals surface area contributed by atoms with Crippen LogP contribution in [0, 0.1) is 6.92 Å². The van der Waals surface area contributed by atoms with Crippen LogP contribution in [0.4, 0.5) is 23.0 Å². The molecule has 5 aromatic rings. The lowest BCUT2D eigenvalue weighted by atomic mass is 10.1. The maximum absolute atomic E-state index is 6.45. The Hall–Kier alpha value is -4.20. The molecule has 12 nitrogen and oxygen atoms in total. The number of nitrogens with zero attached hydrogens (tertiary/aromatic N) is 10. The summed E-state index contributed by atoms with van der Waals surface area (Å²) in [6.07, 6.45) is 5.65. The van der Waals surface area contributed by atoms with E-state index in [4.69, 9.17) is 31.5 Å². The van der Waals surface area contributed by atoms with Gasteiger partial charge in [-0.25, -0.2) is 24.9 Å². The Morgan fingerprint density at radius 1 is 0.673 bits per heavy atom. The molecule has 0 bridgehead atoms. The fourth-order valence-electron chi connectivity index (χ4n) is 7.37. The number of hydrogen-bond acceptors (Lipinski definition) is 11. The topological polar surface area (TPSA) is 106 Å². The molecular formula is C39H51ClN12. The highest BCUT2D eigenvalue weighted by Gasteiger charge is 2.21. The fraction of sp³-hybridized carbons (Fsp3) is 0.462. The third-order valence-electron chi connectivity index (χ3n) is 10.3. The Balaban J connectivity index is 1.14. The summed E-state index contributed by atoms with van der Waals surface area (Å²) in [6.45, 7) is 23.7. The van der Waals surface area contributed by atoms with Crippen molar-refractivity contribution in [3.05, 3.63) is 77.2 Å². The number of nitrogens with one attached hydrogen (secondary N) is 2. The van der Waals surface area contributed by atoms with Gasteiger partial charge in [-0.05, 0) is 80.9 Å². The fourth-order valence-corrected chi connectivity index (χ4v) is 7.50. The zero-order valence-electron chi connectivity index (χ0n) is 31.1. The van der Waals surface area contributed by atoms with E-state index in [1.807, 2.05) is 25.4 Å². The van der Waals surface area contributed by atoms with Crippen LogP contribution in [0.1, 0.15) is 50.7 Å². The molecule has 2 aliphatic heterocycles. The first-order valence-corrected chi connectivity index (χ1v) is 19.0. The van der Waals surface area contributed by atoms with E-state index < -0.39 is 0 Å². The van der Waals surface area contributed by atoms with Gasteiger partial charge in [-0.1, -0.05) is 26.0 Å². The van der Waals surface area contributed by atoms with Gasteiger partial charge in [0.2, 0.25) is 5.28 Å². The van der Waals surface area contributed by atoms with Crippen molar-refractivity contribution < 1.29 is 0 Å². The number of imidazole rings is 1. The second kappa shape index (κ2) is 16.2. The van der Waals surface area contributed by atoms with Gasteiger partial charge >= 0.3 is 0 Å². The minimum absolute atomic E-state index is 0.170. The quantitative estimate of drug-likeness (QED) is 0.136. The van der Waals surface area contributed by atoms with Crippen LogP contribution in [-0.2, 0) is 13.1 Å². The number of aryl methyl sites for hydroxylation is 1. The van der Waals surface area contributed by atoms with Crippen LogP contribution in [0.3, 0.4) is 0 Å². The van der Waals surface area contributed by atoms with Crippen molar-refractivity contribution in [2.24, 2.45) is 0 Å². The third kappa shape index (κ3) is 8.37. The Morgan fingerprint density at radius 3 is 1.71 bits per heavy atom. The summed E-state index contributed by atoms with van der Waals surface area (Å²) >= 11 is 6.45. The van der Waals surface area contributed by atoms with E-state index in [-0.39, 0.29) is 11.3 Å². The molecule has 0 aliphatic carbocycles. The first-order valence-electron chi connectivity index (χ1n) is 18.6. The largest absolute Gasteiger partial charge is 0.338 e. The van der Waals surface area contributed by atoms with Crippen LogP contribution >= 0.6 is 11.6 Å². The molecule has 0 amide bonds. The number of anilines is 4. The highest BCUT2D eigenvalue weighted by molar-refractivity contribution is 6.28. The molecule has 6 heterocycles. The minimum Gasteiger partial charge on any atom is -0.338 e. The molecule has 274 valence electrons. The lowest BCUT2D eigenvalue weighted by Crippen LogP contribution is -2.45. The highest BCUT2D eigenvalue weighted by Crippen LogP contribution is 2.37. The SMILES string of the molecule is CCN1CCN(Cc2ccc(Nc3cnc(Cl)nc3-c3cc(Nc4ccc(CN5CCN(CC)CC5)cn4)c4nc(C)n(C(C)C)c4c3)nc2)CC1. The van der Waals surface area contributed by atoms with Crippen molar-refractivity contribution in [3.63, 3.8) is 0 Å². The zero-order chi connectivity index (χ0) is 36.2. The molecule has 0 saturated carbocycles. The first-order chi connectivity index (χ1) is 25.3. The first kappa shape index (κ1) is 36.2. The summed E-state index contributed by atoms with van der Waals surface area (Å²) < 4.78 is 2.25. The van der Waals surface area contributed by atoms with E-state index in [1.54, 1.807) is 6.20 Å². The number of piperazine rings is 2. The molecule has 0 unspecified atom stereocenters. The number of hydrogen-bond donors (Lipinski definition) is 2. The monoisotopic (exact) mass is 722 g/mol. The van der Waals surface area contributed by atoms with E-state index in [0.29, 0.717) is 17.2 Å². The molecule has 52 heavy (non-hydrogen) atoms. The standard InChI is InChI=1S/C39H51ClN12/c1-6-48-12-16-50(17-13-48)25-29-8-10-35(41-22-29)45-32-20-31(21-34-38(32)44-28(5)52(34)27(3)4)37-33(24-43-39(40)47-37)46-36-11-9-30(23-42-36)26-51-18-14-49(7-2)15-19-51/h8-11,20-24,27H,6-7,12-19,25-26H2,1-5H3,(H,41,45)(H,42,46). The van der Waals surface area contributed by atoms with Crippen molar-refractivity contribution in [2.75, 3.05) is 76.1 Å². The van der Waals surface area contributed by atoms with Gasteiger partial charge in [-0.3, -0.25) is 9.80 Å². The summed E-state index contributed by atoms with van der Waals surface area (Å²) in [5, 5.41) is 7.23. The van der Waals surface area contributed by atoms with Crippen molar-refractivity contribution in [1.82, 2.24) is 49.1 Å². The Labute approximate surface area is 312 Å². The molecule has 1 aromatic carbocycles. The number of likely N-dealkylation sites (N-methyl/N-ethyl adjacent to an activating group) is 2. The van der Waals surface area contributed by atoms with Gasteiger partial charge in [-0.15, -0.1) is 0 Å². The molecule has 2 N–H and O–H groups in total. The number of aromatic nitrogens is 6. The maximum Gasteiger partial charge on any atom is 0.223 e. The van der Waals surface area contributed by atoms with E-state index in [0.717, 1.165) is 112 Å². The van der Waals surface area contributed by atoms with Crippen molar-refractivity contribution in [2.45, 2.75) is 53.8 Å². The van der Waals surface area contributed by atoms with E-state index in [1.165, 1.54) is 11.1 Å². The van der Waals surface area contributed by atoms with Gasteiger partial charge in [-0.2, -0.15) is 0 Å². The number of benzene rings is 1. The Morgan fingerprint density at radius 2 is 1.21 bits per heavy atom. The highest BCUT2D eigenvalue weighted by atomic mass is 35.5.